The largest absolute Gasteiger partial charge is 0.624 e. The highest BCUT2D eigenvalue weighted by Gasteiger charge is 2.02. The molecule has 8 heavy (non-hydrogen) atoms. The van der Waals surface area contributed by atoms with E-state index in [1.807, 2.05) is 20.8 Å². The Hall–Kier alpha value is -0.530. The first-order chi connectivity index (χ1) is 3.55. The average Bonchev–Trinajstić information content (AvgIpc) is 1.64. The highest BCUT2D eigenvalue weighted by Crippen LogP contribution is 1.93. The molecule has 0 fully saturated rings. The second kappa shape index (κ2) is 2.70. The standard InChI is InChI=1S/C6H13NO/c1-5(2)6(3)7(4)8/h5H,1-4H3. The van der Waals surface area contributed by atoms with Gasteiger partial charge in [-0.25, -0.2) is 4.74 Å². The van der Waals surface area contributed by atoms with E-state index in [4.69, 9.17) is 0 Å². The molecular formula is C6H13NO. The molecule has 0 amide bonds. The van der Waals surface area contributed by atoms with E-state index in [2.05, 4.69) is 0 Å². The van der Waals surface area contributed by atoms with E-state index in [-0.39, 0.29) is 0 Å². The quantitative estimate of drug-likeness (QED) is 0.218. The topological polar surface area (TPSA) is 26.1 Å². The third-order valence-corrected chi connectivity index (χ3v) is 1.33. The lowest BCUT2D eigenvalue weighted by molar-refractivity contribution is -0.425. The number of hydrogen-bond donors (Lipinski definition) is 0. The Kier molecular flexibility index (Phi) is 2.52. The SMILES string of the molecule is CC(C(C)C)=[N+](C)[O-]. The van der Waals surface area contributed by atoms with Crippen LogP contribution in [0.5, 0.6) is 0 Å². The van der Waals surface area contributed by atoms with Crippen molar-refractivity contribution in [2.24, 2.45) is 5.92 Å². The van der Waals surface area contributed by atoms with Crippen molar-refractivity contribution in [3.05, 3.63) is 5.21 Å². The van der Waals surface area contributed by atoms with E-state index in [0.29, 0.717) is 5.92 Å². The normalized spacial score (nSPS) is 14.1. The van der Waals surface area contributed by atoms with Crippen LogP contribution in [0.2, 0.25) is 0 Å². The average molecular weight is 115 g/mol. The number of nitrogens with zero attached hydrogens (tertiary/aromatic N) is 1. The molecule has 0 aliphatic heterocycles. The molecule has 0 aliphatic carbocycles. The molecule has 0 aromatic rings. The predicted molar refractivity (Wildman–Crippen MR) is 35.1 cm³/mol. The van der Waals surface area contributed by atoms with Crippen molar-refractivity contribution < 1.29 is 4.74 Å². The fraction of sp³-hybridized carbons (Fsp3) is 0.833. The van der Waals surface area contributed by atoms with Crippen LogP contribution in [0.25, 0.3) is 0 Å². The second-order valence-electron chi connectivity index (χ2n) is 2.29. The first-order valence-electron chi connectivity index (χ1n) is 2.80. The predicted octanol–water partition coefficient (Wildman–Crippen LogP) is 1.24. The summed E-state index contributed by atoms with van der Waals surface area (Å²) in [4.78, 5) is 0. The van der Waals surface area contributed by atoms with Crippen LogP contribution in [0, 0.1) is 11.1 Å². The first-order valence-corrected chi connectivity index (χ1v) is 2.80. The molecule has 0 spiro atoms. The zero-order valence-corrected chi connectivity index (χ0v) is 5.93. The lowest BCUT2D eigenvalue weighted by Gasteiger charge is -2.03. The molecule has 0 rings (SSSR count). The highest BCUT2D eigenvalue weighted by atomic mass is 16.5. The zero-order valence-electron chi connectivity index (χ0n) is 5.93. The van der Waals surface area contributed by atoms with E-state index >= 15 is 0 Å². The summed E-state index contributed by atoms with van der Waals surface area (Å²) in [6, 6.07) is 0. The minimum atomic E-state index is 0.373. The van der Waals surface area contributed by atoms with Crippen molar-refractivity contribution in [3.8, 4) is 0 Å². The molecule has 0 aromatic carbocycles. The molecule has 0 saturated heterocycles. The lowest BCUT2D eigenvalue weighted by Crippen LogP contribution is -2.13. The summed E-state index contributed by atoms with van der Waals surface area (Å²) in [5.74, 6) is 0.373. The zero-order chi connectivity index (χ0) is 6.73. The lowest BCUT2D eigenvalue weighted by atomic mass is 10.1. The molecular weight excluding hydrogens is 102 g/mol. The van der Waals surface area contributed by atoms with Gasteiger partial charge >= 0.3 is 0 Å². The number of hydroxylamine groups is 1. The van der Waals surface area contributed by atoms with Gasteiger partial charge in [0.05, 0.1) is 0 Å². The van der Waals surface area contributed by atoms with Crippen LogP contribution in [0.1, 0.15) is 20.8 Å². The summed E-state index contributed by atoms with van der Waals surface area (Å²) in [6.45, 7) is 5.85. The first kappa shape index (κ1) is 7.47. The molecule has 0 atom stereocenters. The Morgan fingerprint density at radius 3 is 1.88 bits per heavy atom. The van der Waals surface area contributed by atoms with Gasteiger partial charge in [-0.15, -0.1) is 0 Å². The van der Waals surface area contributed by atoms with Crippen LogP contribution < -0.4 is 0 Å². The molecule has 48 valence electrons. The van der Waals surface area contributed by atoms with Crippen molar-refractivity contribution in [2.45, 2.75) is 20.8 Å². The molecule has 0 heterocycles. The van der Waals surface area contributed by atoms with E-state index in [9.17, 15) is 5.21 Å². The summed E-state index contributed by atoms with van der Waals surface area (Å²) < 4.78 is 0.907. The van der Waals surface area contributed by atoms with Gasteiger partial charge in [-0.05, 0) is 0 Å². The van der Waals surface area contributed by atoms with Crippen LogP contribution in [0.3, 0.4) is 0 Å². The van der Waals surface area contributed by atoms with E-state index in [1.54, 1.807) is 0 Å². The maximum Gasteiger partial charge on any atom is 0.162 e. The highest BCUT2D eigenvalue weighted by molar-refractivity contribution is 5.78. The van der Waals surface area contributed by atoms with Crippen molar-refractivity contribution in [1.82, 2.24) is 0 Å². The van der Waals surface area contributed by atoms with Crippen LogP contribution >= 0.6 is 0 Å². The number of rotatable bonds is 1. The van der Waals surface area contributed by atoms with Gasteiger partial charge in [0.2, 0.25) is 0 Å². The maximum absolute atomic E-state index is 10.5. The van der Waals surface area contributed by atoms with Crippen LogP contribution in [0.4, 0.5) is 0 Å². The summed E-state index contributed by atoms with van der Waals surface area (Å²) in [6.07, 6.45) is 0. The minimum Gasteiger partial charge on any atom is -0.624 e. The van der Waals surface area contributed by atoms with Gasteiger partial charge in [0.25, 0.3) is 0 Å². The molecule has 0 bridgehead atoms. The Morgan fingerprint density at radius 2 is 1.88 bits per heavy atom. The van der Waals surface area contributed by atoms with Gasteiger partial charge in [-0.1, -0.05) is 13.8 Å². The van der Waals surface area contributed by atoms with E-state index in [1.165, 1.54) is 7.05 Å². The number of hydrogen-bond acceptors (Lipinski definition) is 1. The summed E-state index contributed by atoms with van der Waals surface area (Å²) in [5, 5.41) is 10.5. The van der Waals surface area contributed by atoms with Crippen molar-refractivity contribution in [3.63, 3.8) is 0 Å². The minimum absolute atomic E-state index is 0.373. The van der Waals surface area contributed by atoms with Gasteiger partial charge in [0, 0.05) is 12.8 Å². The van der Waals surface area contributed by atoms with Gasteiger partial charge in [0.15, 0.2) is 5.71 Å². The monoisotopic (exact) mass is 115 g/mol. The second-order valence-corrected chi connectivity index (χ2v) is 2.29. The summed E-state index contributed by atoms with van der Waals surface area (Å²) >= 11 is 0. The van der Waals surface area contributed by atoms with Crippen LogP contribution in [-0.4, -0.2) is 17.5 Å². The molecule has 0 N–H and O–H groups in total. The van der Waals surface area contributed by atoms with E-state index < -0.39 is 0 Å². The molecule has 0 radical (unpaired) electrons. The molecule has 0 aromatic heterocycles. The molecule has 2 heteroatoms. The fourth-order valence-corrected chi connectivity index (χ4v) is 0.364. The molecule has 0 aliphatic rings. The summed E-state index contributed by atoms with van der Waals surface area (Å²) in [7, 11) is 1.52. The Bertz CT molecular complexity index is 101. The molecule has 0 unspecified atom stereocenters. The Morgan fingerprint density at radius 1 is 1.50 bits per heavy atom. The third kappa shape index (κ3) is 1.96. The van der Waals surface area contributed by atoms with Crippen molar-refractivity contribution >= 4 is 5.71 Å². The molecule has 2 nitrogen and oxygen atoms in total. The van der Waals surface area contributed by atoms with Crippen LogP contribution in [-0.2, 0) is 0 Å². The van der Waals surface area contributed by atoms with E-state index in [0.717, 1.165) is 10.5 Å². The van der Waals surface area contributed by atoms with Crippen LogP contribution in [0.15, 0.2) is 0 Å². The van der Waals surface area contributed by atoms with Gasteiger partial charge < -0.3 is 5.21 Å². The van der Waals surface area contributed by atoms with Gasteiger partial charge in [0.1, 0.15) is 7.05 Å². The third-order valence-electron chi connectivity index (χ3n) is 1.33. The van der Waals surface area contributed by atoms with Gasteiger partial charge in [-0.2, -0.15) is 0 Å². The van der Waals surface area contributed by atoms with Crippen molar-refractivity contribution in [2.75, 3.05) is 7.05 Å². The Labute approximate surface area is 50.4 Å². The van der Waals surface area contributed by atoms with Gasteiger partial charge in [-0.3, -0.25) is 0 Å². The molecule has 0 saturated carbocycles. The maximum atomic E-state index is 10.5. The fourth-order valence-electron chi connectivity index (χ4n) is 0.364. The van der Waals surface area contributed by atoms with Crippen molar-refractivity contribution in [1.29, 1.82) is 0 Å². The summed E-state index contributed by atoms with van der Waals surface area (Å²) in [5.41, 5.74) is 0.880. The Balaban J connectivity index is 4.00. The smallest absolute Gasteiger partial charge is 0.162 e.